The minimum absolute atomic E-state index is 0.454. The van der Waals surface area contributed by atoms with E-state index in [0.717, 1.165) is 17.0 Å². The lowest BCUT2D eigenvalue weighted by Crippen LogP contribution is -2.01. The molecule has 3 aromatic rings. The van der Waals surface area contributed by atoms with Crippen molar-refractivity contribution in [2.24, 2.45) is 0 Å². The van der Waals surface area contributed by atoms with Crippen LogP contribution in [0.5, 0.6) is 0 Å². The van der Waals surface area contributed by atoms with Crippen molar-refractivity contribution in [3.63, 3.8) is 0 Å². The highest BCUT2D eigenvalue weighted by Gasteiger charge is 2.13. The van der Waals surface area contributed by atoms with E-state index in [1.165, 1.54) is 15.0 Å². The molecule has 0 aromatic carbocycles. The molecule has 19 heavy (non-hydrogen) atoms. The zero-order chi connectivity index (χ0) is 13.2. The van der Waals surface area contributed by atoms with Crippen LogP contribution in [0.1, 0.15) is 29.2 Å². The summed E-state index contributed by atoms with van der Waals surface area (Å²) in [5.74, 6) is 0. The largest absolute Gasteiger partial charge is 0.387 e. The van der Waals surface area contributed by atoms with Gasteiger partial charge in [0.2, 0.25) is 0 Å². The number of thiophene rings is 2. The van der Waals surface area contributed by atoms with Crippen molar-refractivity contribution in [2.45, 2.75) is 25.9 Å². The number of nitrogens with zero attached hydrogens (tertiary/aromatic N) is 1. The summed E-state index contributed by atoms with van der Waals surface area (Å²) in [6.07, 6.45) is 3.02. The molecular weight excluding hydrogens is 274 g/mol. The molecule has 3 aromatic heterocycles. The Morgan fingerprint density at radius 3 is 2.84 bits per heavy atom. The average Bonchev–Trinajstić information content (AvgIpc) is 3.00. The lowest BCUT2D eigenvalue weighted by molar-refractivity contribution is 0.181. The summed E-state index contributed by atoms with van der Waals surface area (Å²) in [6, 6.07) is 8.30. The van der Waals surface area contributed by atoms with Crippen molar-refractivity contribution in [3.8, 4) is 0 Å². The molecule has 0 aliphatic heterocycles. The summed E-state index contributed by atoms with van der Waals surface area (Å²) >= 11 is 3.39. The number of fused-ring (bicyclic) bond motifs is 1. The van der Waals surface area contributed by atoms with Crippen LogP contribution < -0.4 is 0 Å². The van der Waals surface area contributed by atoms with E-state index in [2.05, 4.69) is 35.5 Å². The second-order valence-electron chi connectivity index (χ2n) is 4.53. The van der Waals surface area contributed by atoms with E-state index in [9.17, 15) is 5.11 Å². The van der Waals surface area contributed by atoms with E-state index in [4.69, 9.17) is 0 Å². The van der Waals surface area contributed by atoms with E-state index in [-0.39, 0.29) is 0 Å². The number of pyridine rings is 1. The standard InChI is InChI=1S/C15H15NOS2/c1-2-10-3-4-11(16-9-10)7-12(17)14-8-15-13(19-14)5-6-18-15/h3-6,8-9,12,17H,2,7H2,1H3. The highest BCUT2D eigenvalue weighted by molar-refractivity contribution is 7.26. The van der Waals surface area contributed by atoms with E-state index in [1.54, 1.807) is 22.7 Å². The first kappa shape index (κ1) is 12.8. The number of aliphatic hydroxyl groups is 1. The van der Waals surface area contributed by atoms with Crippen LogP contribution in [0.3, 0.4) is 0 Å². The van der Waals surface area contributed by atoms with Gasteiger partial charge in [0, 0.05) is 32.6 Å². The van der Waals surface area contributed by atoms with E-state index >= 15 is 0 Å². The molecule has 2 nitrogen and oxygen atoms in total. The normalized spacial score (nSPS) is 12.9. The van der Waals surface area contributed by atoms with Gasteiger partial charge < -0.3 is 5.11 Å². The Bertz CT molecular complexity index is 640. The Hall–Kier alpha value is -1.23. The van der Waals surface area contributed by atoms with E-state index in [0.29, 0.717) is 6.42 Å². The zero-order valence-electron chi connectivity index (χ0n) is 10.7. The minimum atomic E-state index is -0.454. The molecule has 0 saturated heterocycles. The molecule has 0 bridgehead atoms. The van der Waals surface area contributed by atoms with Crippen LogP contribution in [0.4, 0.5) is 0 Å². The van der Waals surface area contributed by atoms with Crippen LogP contribution in [0, 0.1) is 0 Å². The summed E-state index contributed by atoms with van der Waals surface area (Å²) in [5, 5.41) is 12.4. The fraction of sp³-hybridized carbons (Fsp3) is 0.267. The molecule has 3 heterocycles. The Morgan fingerprint density at radius 2 is 2.16 bits per heavy atom. The molecule has 0 aliphatic rings. The maximum Gasteiger partial charge on any atom is 0.0937 e. The second-order valence-corrected chi connectivity index (χ2v) is 6.59. The molecule has 0 amide bonds. The minimum Gasteiger partial charge on any atom is -0.387 e. The van der Waals surface area contributed by atoms with Crippen LogP contribution in [-0.2, 0) is 12.8 Å². The van der Waals surface area contributed by atoms with Gasteiger partial charge in [-0.2, -0.15) is 0 Å². The third-order valence-corrected chi connectivity index (χ3v) is 5.38. The third kappa shape index (κ3) is 2.71. The smallest absolute Gasteiger partial charge is 0.0937 e. The maximum absolute atomic E-state index is 10.3. The van der Waals surface area contributed by atoms with Gasteiger partial charge in [0.05, 0.1) is 6.10 Å². The van der Waals surface area contributed by atoms with Gasteiger partial charge >= 0.3 is 0 Å². The van der Waals surface area contributed by atoms with Gasteiger partial charge in [0.25, 0.3) is 0 Å². The molecule has 98 valence electrons. The molecule has 4 heteroatoms. The number of hydrogen-bond donors (Lipinski definition) is 1. The summed E-state index contributed by atoms with van der Waals surface area (Å²) < 4.78 is 2.52. The first-order valence-electron chi connectivity index (χ1n) is 6.35. The van der Waals surface area contributed by atoms with E-state index < -0.39 is 6.10 Å². The van der Waals surface area contributed by atoms with Crippen molar-refractivity contribution in [3.05, 3.63) is 52.0 Å². The van der Waals surface area contributed by atoms with Gasteiger partial charge in [0.15, 0.2) is 0 Å². The van der Waals surface area contributed by atoms with Crippen molar-refractivity contribution < 1.29 is 5.11 Å². The highest BCUT2D eigenvalue weighted by Crippen LogP contribution is 2.34. The molecule has 1 unspecified atom stereocenters. The zero-order valence-corrected chi connectivity index (χ0v) is 12.3. The van der Waals surface area contributed by atoms with Crippen LogP contribution in [0.15, 0.2) is 35.8 Å². The van der Waals surface area contributed by atoms with Gasteiger partial charge in [0.1, 0.15) is 0 Å². The molecule has 1 N–H and O–H groups in total. The predicted octanol–water partition coefficient (Wildman–Crippen LogP) is 4.20. The highest BCUT2D eigenvalue weighted by atomic mass is 32.1. The van der Waals surface area contributed by atoms with Crippen LogP contribution >= 0.6 is 22.7 Å². The van der Waals surface area contributed by atoms with Crippen molar-refractivity contribution in [1.29, 1.82) is 0 Å². The molecule has 0 aliphatic carbocycles. The van der Waals surface area contributed by atoms with Gasteiger partial charge in [-0.1, -0.05) is 13.0 Å². The Morgan fingerprint density at radius 1 is 1.26 bits per heavy atom. The predicted molar refractivity (Wildman–Crippen MR) is 82.0 cm³/mol. The lowest BCUT2D eigenvalue weighted by Gasteiger charge is -2.08. The number of aryl methyl sites for hydroxylation is 1. The fourth-order valence-electron chi connectivity index (χ4n) is 2.03. The summed E-state index contributed by atoms with van der Waals surface area (Å²) in [5.41, 5.74) is 2.18. The first-order valence-corrected chi connectivity index (χ1v) is 8.04. The second kappa shape index (κ2) is 5.41. The Labute approximate surface area is 120 Å². The van der Waals surface area contributed by atoms with Gasteiger partial charge in [-0.05, 0) is 35.6 Å². The van der Waals surface area contributed by atoms with Crippen molar-refractivity contribution in [1.82, 2.24) is 4.98 Å². The average molecular weight is 289 g/mol. The Kier molecular flexibility index (Phi) is 3.64. The van der Waals surface area contributed by atoms with Gasteiger partial charge in [-0.15, -0.1) is 22.7 Å². The summed E-state index contributed by atoms with van der Waals surface area (Å²) in [7, 11) is 0. The third-order valence-electron chi connectivity index (χ3n) is 3.18. The van der Waals surface area contributed by atoms with E-state index in [1.807, 2.05) is 12.3 Å². The molecule has 3 rings (SSSR count). The molecular formula is C15H15NOS2. The summed E-state index contributed by atoms with van der Waals surface area (Å²) in [4.78, 5) is 5.43. The fourth-order valence-corrected chi connectivity index (χ4v) is 4.14. The molecule has 1 atom stereocenters. The number of hydrogen-bond acceptors (Lipinski definition) is 4. The van der Waals surface area contributed by atoms with Gasteiger partial charge in [-0.3, -0.25) is 4.98 Å². The Balaban J connectivity index is 1.76. The van der Waals surface area contributed by atoms with Crippen molar-refractivity contribution >= 4 is 32.1 Å². The van der Waals surface area contributed by atoms with Gasteiger partial charge in [-0.25, -0.2) is 0 Å². The molecule has 0 fully saturated rings. The maximum atomic E-state index is 10.3. The number of aliphatic hydroxyl groups excluding tert-OH is 1. The summed E-state index contributed by atoms with van der Waals surface area (Å²) in [6.45, 7) is 2.11. The number of rotatable bonds is 4. The molecule has 0 saturated carbocycles. The van der Waals surface area contributed by atoms with Crippen molar-refractivity contribution in [2.75, 3.05) is 0 Å². The SMILES string of the molecule is CCc1ccc(CC(O)c2cc3sccc3s2)nc1. The molecule has 0 spiro atoms. The lowest BCUT2D eigenvalue weighted by atomic mass is 10.1. The first-order chi connectivity index (χ1) is 9.26. The quantitative estimate of drug-likeness (QED) is 0.781. The molecule has 0 radical (unpaired) electrons. The van der Waals surface area contributed by atoms with Crippen LogP contribution in [0.2, 0.25) is 0 Å². The monoisotopic (exact) mass is 289 g/mol. The topological polar surface area (TPSA) is 33.1 Å². The van der Waals surface area contributed by atoms with Crippen LogP contribution in [0.25, 0.3) is 9.40 Å². The van der Waals surface area contributed by atoms with Crippen LogP contribution in [-0.4, -0.2) is 10.1 Å². The number of aromatic nitrogens is 1.